The Morgan fingerprint density at radius 1 is 1.69 bits per heavy atom. The van der Waals surface area contributed by atoms with Crippen molar-refractivity contribution >= 4 is 34.8 Å². The third-order valence-electron chi connectivity index (χ3n) is 1.75. The van der Waals surface area contributed by atoms with E-state index in [1.807, 2.05) is 0 Å². The molecule has 1 heterocycles. The van der Waals surface area contributed by atoms with Crippen LogP contribution in [0.4, 0.5) is 0 Å². The summed E-state index contributed by atoms with van der Waals surface area (Å²) < 4.78 is 0. The summed E-state index contributed by atoms with van der Waals surface area (Å²) in [6.45, 7) is 1.43. The molecule has 0 saturated carbocycles. The van der Waals surface area contributed by atoms with Crippen LogP contribution < -0.4 is 5.14 Å². The Bertz CT molecular complexity index is 394. The number of nitrogens with one attached hydrogen (secondary N) is 1. The Morgan fingerprint density at radius 3 is 2.88 bits per heavy atom. The van der Waals surface area contributed by atoms with E-state index in [0.29, 0.717) is 10.7 Å². The van der Waals surface area contributed by atoms with Crippen molar-refractivity contribution in [3.8, 4) is 0 Å². The molecule has 1 unspecified atom stereocenters. The van der Waals surface area contributed by atoms with E-state index in [4.69, 9.17) is 10.2 Å². The maximum atomic E-state index is 10.9. The molecule has 0 saturated heterocycles. The average Bonchev–Trinajstić information content (AvgIpc) is 2.60. The van der Waals surface area contributed by atoms with Crippen LogP contribution in [0, 0.1) is 0 Å². The average molecular weight is 261 g/mol. The molecular formula is C8H11N3O3S2. The largest absolute Gasteiger partial charge is 0.480 e. The lowest BCUT2D eigenvalue weighted by Crippen LogP contribution is -2.21. The van der Waals surface area contributed by atoms with Crippen LogP contribution in [0.1, 0.15) is 12.6 Å². The molecule has 6 nitrogen and oxygen atoms in total. The predicted molar refractivity (Wildman–Crippen MR) is 62.0 cm³/mol. The first-order chi connectivity index (χ1) is 7.54. The minimum Gasteiger partial charge on any atom is -0.480 e. The van der Waals surface area contributed by atoms with Gasteiger partial charge in [-0.2, -0.15) is 0 Å². The van der Waals surface area contributed by atoms with Crippen molar-refractivity contribution in [3.05, 3.63) is 12.0 Å². The van der Waals surface area contributed by atoms with Crippen molar-refractivity contribution in [1.82, 2.24) is 9.97 Å². The van der Waals surface area contributed by atoms with Crippen molar-refractivity contribution in [2.75, 3.05) is 0 Å². The highest BCUT2D eigenvalue weighted by molar-refractivity contribution is 8.13. The van der Waals surface area contributed by atoms with Gasteiger partial charge in [0.2, 0.25) is 0 Å². The van der Waals surface area contributed by atoms with Gasteiger partial charge in [-0.3, -0.25) is 14.7 Å². The molecule has 0 amide bonds. The van der Waals surface area contributed by atoms with Crippen molar-refractivity contribution < 1.29 is 14.7 Å². The first kappa shape index (κ1) is 13.1. The minimum atomic E-state index is -0.985. The van der Waals surface area contributed by atoms with E-state index in [1.54, 1.807) is 0 Å². The second kappa shape index (κ2) is 5.92. The van der Waals surface area contributed by atoms with Gasteiger partial charge in [-0.25, -0.2) is 4.98 Å². The summed E-state index contributed by atoms with van der Waals surface area (Å²) in [6.07, 6.45) is 1.65. The number of hydrogen-bond donors (Lipinski definition) is 3. The lowest BCUT2D eigenvalue weighted by molar-refractivity contribution is -0.136. The number of carbonyl (C=O) groups is 2. The number of aromatic amines is 1. The van der Waals surface area contributed by atoms with Gasteiger partial charge in [-0.1, -0.05) is 11.9 Å². The summed E-state index contributed by atoms with van der Waals surface area (Å²) in [5, 5.41) is 13.8. The zero-order valence-electron chi connectivity index (χ0n) is 8.47. The van der Waals surface area contributed by atoms with Crippen LogP contribution in [0.25, 0.3) is 0 Å². The second-order valence-corrected chi connectivity index (χ2v) is 4.95. The standard InChI is InChI=1S/C8H11N3O3S2/c1-4(12)15-7-5(10-3-11-7)2-6(16-9)8(13)14/h3,6H,2,9H2,1H3,(H,10,11)(H,13,14). The summed E-state index contributed by atoms with van der Waals surface area (Å²) in [7, 11) is 0. The summed E-state index contributed by atoms with van der Waals surface area (Å²) in [5.74, 6) is -0.985. The number of carbonyl (C=O) groups excluding carboxylic acids is 1. The van der Waals surface area contributed by atoms with E-state index >= 15 is 0 Å². The van der Waals surface area contributed by atoms with Gasteiger partial charge in [0.05, 0.1) is 12.0 Å². The lowest BCUT2D eigenvalue weighted by atomic mass is 10.2. The van der Waals surface area contributed by atoms with Crippen molar-refractivity contribution in [2.45, 2.75) is 23.6 Å². The van der Waals surface area contributed by atoms with E-state index in [1.165, 1.54) is 13.3 Å². The second-order valence-electron chi connectivity index (χ2n) is 2.95. The van der Waals surface area contributed by atoms with Crippen LogP contribution in [-0.2, 0) is 16.0 Å². The van der Waals surface area contributed by atoms with Crippen LogP contribution in [0.2, 0.25) is 0 Å². The Labute approximate surface area is 101 Å². The number of H-pyrrole nitrogens is 1. The molecule has 16 heavy (non-hydrogen) atoms. The minimum absolute atomic E-state index is 0.0966. The van der Waals surface area contributed by atoms with Crippen molar-refractivity contribution in [1.29, 1.82) is 0 Å². The Morgan fingerprint density at radius 2 is 2.38 bits per heavy atom. The maximum absolute atomic E-state index is 10.9. The van der Waals surface area contributed by atoms with Crippen LogP contribution in [0.15, 0.2) is 11.4 Å². The van der Waals surface area contributed by atoms with Gasteiger partial charge >= 0.3 is 5.97 Å². The smallest absolute Gasteiger partial charge is 0.318 e. The van der Waals surface area contributed by atoms with Gasteiger partial charge in [0, 0.05) is 13.3 Å². The van der Waals surface area contributed by atoms with E-state index in [2.05, 4.69) is 9.97 Å². The lowest BCUT2D eigenvalue weighted by Gasteiger charge is -2.07. The molecule has 88 valence electrons. The summed E-state index contributed by atoms with van der Waals surface area (Å²) in [6, 6.07) is 0. The Hall–Kier alpha value is -0.990. The van der Waals surface area contributed by atoms with E-state index in [0.717, 1.165) is 23.7 Å². The molecular weight excluding hydrogens is 250 g/mol. The normalized spacial score (nSPS) is 12.4. The number of imidazole rings is 1. The quantitative estimate of drug-likeness (QED) is 0.527. The molecule has 1 aromatic heterocycles. The summed E-state index contributed by atoms with van der Waals surface area (Å²) >= 11 is 1.73. The molecule has 0 fully saturated rings. The zero-order valence-corrected chi connectivity index (χ0v) is 10.1. The van der Waals surface area contributed by atoms with Gasteiger partial charge in [0.15, 0.2) is 5.12 Å². The highest BCUT2D eigenvalue weighted by Gasteiger charge is 2.20. The van der Waals surface area contributed by atoms with Gasteiger partial charge in [0.25, 0.3) is 0 Å². The molecule has 0 aromatic carbocycles. The fourth-order valence-electron chi connectivity index (χ4n) is 1.06. The van der Waals surface area contributed by atoms with E-state index in [9.17, 15) is 9.59 Å². The number of aliphatic carboxylic acids is 1. The molecule has 0 aliphatic carbocycles. The molecule has 1 aromatic rings. The van der Waals surface area contributed by atoms with Gasteiger partial charge in [0.1, 0.15) is 10.3 Å². The molecule has 0 bridgehead atoms. The first-order valence-electron chi connectivity index (χ1n) is 4.33. The third-order valence-corrected chi connectivity index (χ3v) is 3.28. The van der Waals surface area contributed by atoms with Gasteiger partial charge < -0.3 is 10.1 Å². The zero-order chi connectivity index (χ0) is 12.1. The number of carboxylic acids is 1. The highest BCUT2D eigenvalue weighted by Crippen LogP contribution is 2.22. The predicted octanol–water partition coefficient (Wildman–Crippen LogP) is 0.651. The Kier molecular flexibility index (Phi) is 4.84. The third kappa shape index (κ3) is 3.54. The SMILES string of the molecule is CC(=O)Sc1nc[nH]c1CC(SN)C(=O)O. The highest BCUT2D eigenvalue weighted by atomic mass is 32.2. The molecule has 1 rings (SSSR count). The van der Waals surface area contributed by atoms with Crippen LogP contribution in [0.3, 0.4) is 0 Å². The Balaban J connectivity index is 2.76. The summed E-state index contributed by atoms with van der Waals surface area (Å²) in [5.41, 5.74) is 0.616. The molecule has 4 N–H and O–H groups in total. The topological polar surface area (TPSA) is 109 Å². The number of thioether (sulfide) groups is 1. The number of aromatic nitrogens is 2. The van der Waals surface area contributed by atoms with Gasteiger partial charge in [-0.15, -0.1) is 0 Å². The molecule has 0 spiro atoms. The van der Waals surface area contributed by atoms with Crippen LogP contribution in [-0.4, -0.2) is 31.4 Å². The van der Waals surface area contributed by atoms with Crippen LogP contribution in [0.5, 0.6) is 0 Å². The number of hydrogen-bond acceptors (Lipinski definition) is 6. The van der Waals surface area contributed by atoms with E-state index in [-0.39, 0.29) is 11.5 Å². The monoisotopic (exact) mass is 261 g/mol. The molecule has 0 aliphatic heterocycles. The number of nitrogens with two attached hydrogens (primary N) is 1. The fraction of sp³-hybridized carbons (Fsp3) is 0.375. The van der Waals surface area contributed by atoms with Crippen LogP contribution >= 0.6 is 23.7 Å². The van der Waals surface area contributed by atoms with Crippen molar-refractivity contribution in [3.63, 3.8) is 0 Å². The molecule has 0 radical (unpaired) electrons. The number of carboxylic acid groups (broad SMARTS) is 1. The number of nitrogens with zero attached hydrogens (tertiary/aromatic N) is 1. The fourth-order valence-corrected chi connectivity index (χ4v) is 2.08. The summed E-state index contributed by atoms with van der Waals surface area (Å²) in [4.78, 5) is 28.5. The van der Waals surface area contributed by atoms with E-state index < -0.39 is 11.2 Å². The first-order valence-corrected chi connectivity index (χ1v) is 6.09. The molecule has 0 aliphatic rings. The molecule has 1 atom stereocenters. The van der Waals surface area contributed by atoms with Crippen molar-refractivity contribution in [2.24, 2.45) is 5.14 Å². The number of rotatable bonds is 5. The van der Waals surface area contributed by atoms with Gasteiger partial charge in [-0.05, 0) is 11.8 Å². The maximum Gasteiger partial charge on any atom is 0.318 e. The molecule has 8 heteroatoms.